The van der Waals surface area contributed by atoms with Crippen molar-refractivity contribution < 1.29 is 4.79 Å². The number of fused-ring (bicyclic) bond motifs is 1. The molecule has 7 nitrogen and oxygen atoms in total. The molecular weight excluding hydrogens is 412 g/mol. The minimum Gasteiger partial charge on any atom is -0.347 e. The smallest absolute Gasteiger partial charge is 0.256 e. The summed E-state index contributed by atoms with van der Waals surface area (Å²) in [5.41, 5.74) is 2.11. The number of carbonyl (C=O) groups excluding carboxylic acids is 1. The van der Waals surface area contributed by atoms with E-state index in [9.17, 15) is 4.79 Å². The van der Waals surface area contributed by atoms with Gasteiger partial charge in [-0.15, -0.1) is 0 Å². The SMILES string of the molecule is CN1c2ccccc2N(Cl)C1(C)C1(C)CCCN1C(=O)c1ccccc1-n1nccn1. The van der Waals surface area contributed by atoms with Crippen molar-refractivity contribution in [1.82, 2.24) is 19.9 Å². The van der Waals surface area contributed by atoms with Crippen LogP contribution in [-0.4, -0.2) is 50.6 Å². The van der Waals surface area contributed by atoms with Gasteiger partial charge in [-0.25, -0.2) is 0 Å². The van der Waals surface area contributed by atoms with E-state index in [1.807, 2.05) is 47.4 Å². The molecule has 0 N–H and O–H groups in total. The normalized spacial score (nSPS) is 25.2. The quantitative estimate of drug-likeness (QED) is 0.579. The number of aromatic nitrogens is 3. The molecule has 160 valence electrons. The van der Waals surface area contributed by atoms with E-state index in [2.05, 4.69) is 42.1 Å². The predicted molar refractivity (Wildman–Crippen MR) is 122 cm³/mol. The van der Waals surface area contributed by atoms with Crippen LogP contribution in [0.25, 0.3) is 5.69 Å². The van der Waals surface area contributed by atoms with E-state index >= 15 is 0 Å². The standard InChI is InChI=1S/C23H25ClN6O/c1-22(23(2)27(3)19-11-6-7-12-20(19)29(23)24)13-8-16-28(22)21(31)17-9-4-5-10-18(17)30-25-14-15-26-30/h4-7,9-12,14-15H,8,13,16H2,1-3H3. The third-order valence-corrected chi connectivity index (χ3v) is 7.68. The van der Waals surface area contributed by atoms with Crippen molar-refractivity contribution in [2.45, 2.75) is 37.9 Å². The van der Waals surface area contributed by atoms with Crippen molar-refractivity contribution in [2.24, 2.45) is 0 Å². The minimum atomic E-state index is -0.622. The molecule has 1 saturated heterocycles. The Labute approximate surface area is 186 Å². The van der Waals surface area contributed by atoms with Crippen LogP contribution in [0, 0.1) is 0 Å². The number of rotatable bonds is 3. The van der Waals surface area contributed by atoms with Gasteiger partial charge < -0.3 is 9.80 Å². The topological polar surface area (TPSA) is 57.5 Å². The summed E-state index contributed by atoms with van der Waals surface area (Å²) in [6.45, 7) is 4.93. The average molecular weight is 437 g/mol. The molecule has 0 spiro atoms. The Morgan fingerprint density at radius 3 is 2.26 bits per heavy atom. The fourth-order valence-corrected chi connectivity index (χ4v) is 5.62. The lowest BCUT2D eigenvalue weighted by Gasteiger charge is -2.53. The largest absolute Gasteiger partial charge is 0.347 e. The lowest BCUT2D eigenvalue weighted by atomic mass is 9.83. The second-order valence-electron chi connectivity index (χ2n) is 8.52. The Hall–Kier alpha value is -3.06. The molecule has 31 heavy (non-hydrogen) atoms. The summed E-state index contributed by atoms with van der Waals surface area (Å²) < 4.78 is 1.80. The van der Waals surface area contributed by atoms with E-state index in [0.717, 1.165) is 24.2 Å². The number of likely N-dealkylation sites (N-methyl/N-ethyl adjacent to an activating group) is 1. The molecule has 2 aliphatic heterocycles. The first-order chi connectivity index (χ1) is 14.9. The number of likely N-dealkylation sites (tertiary alicyclic amines) is 1. The molecule has 8 heteroatoms. The van der Waals surface area contributed by atoms with Crippen LogP contribution in [0.1, 0.15) is 37.0 Å². The van der Waals surface area contributed by atoms with Crippen molar-refractivity contribution in [2.75, 3.05) is 22.9 Å². The molecule has 0 aliphatic carbocycles. The number of hydrogen-bond donors (Lipinski definition) is 0. The number of anilines is 2. The van der Waals surface area contributed by atoms with Gasteiger partial charge in [-0.05, 0) is 51.0 Å². The number of amides is 1. The zero-order valence-corrected chi connectivity index (χ0v) is 18.6. The Morgan fingerprint density at radius 1 is 0.968 bits per heavy atom. The molecule has 0 saturated carbocycles. The zero-order valence-electron chi connectivity index (χ0n) is 17.9. The van der Waals surface area contributed by atoms with Gasteiger partial charge in [-0.1, -0.05) is 24.3 Å². The number of benzene rings is 2. The lowest BCUT2D eigenvalue weighted by molar-refractivity contribution is 0.0466. The van der Waals surface area contributed by atoms with Crippen LogP contribution in [0.3, 0.4) is 0 Å². The highest BCUT2D eigenvalue weighted by molar-refractivity contribution is 6.28. The van der Waals surface area contributed by atoms with Gasteiger partial charge in [0.05, 0.1) is 40.6 Å². The van der Waals surface area contributed by atoms with Crippen molar-refractivity contribution >= 4 is 29.1 Å². The summed E-state index contributed by atoms with van der Waals surface area (Å²) in [5.74, 6) is -0.0384. The van der Waals surface area contributed by atoms with Crippen molar-refractivity contribution in [1.29, 1.82) is 0 Å². The Kier molecular flexibility index (Phi) is 4.48. The minimum absolute atomic E-state index is 0.0384. The predicted octanol–water partition coefficient (Wildman–Crippen LogP) is 4.09. The van der Waals surface area contributed by atoms with Crippen LogP contribution in [0.2, 0.25) is 0 Å². The lowest BCUT2D eigenvalue weighted by Crippen LogP contribution is -2.70. The van der Waals surface area contributed by atoms with Crippen molar-refractivity contribution in [3.05, 3.63) is 66.5 Å². The first-order valence-electron chi connectivity index (χ1n) is 10.5. The number of nitrogens with zero attached hydrogens (tertiary/aromatic N) is 6. The molecule has 2 unspecified atom stereocenters. The molecule has 2 aromatic carbocycles. The Morgan fingerprint density at radius 2 is 1.58 bits per heavy atom. The van der Waals surface area contributed by atoms with E-state index in [-0.39, 0.29) is 5.91 Å². The third-order valence-electron chi connectivity index (χ3n) is 7.17. The van der Waals surface area contributed by atoms with Crippen LogP contribution >= 0.6 is 11.8 Å². The van der Waals surface area contributed by atoms with Gasteiger partial charge >= 0.3 is 0 Å². The fourth-order valence-electron chi connectivity index (χ4n) is 5.18. The first-order valence-corrected chi connectivity index (χ1v) is 10.8. The van der Waals surface area contributed by atoms with E-state index < -0.39 is 11.2 Å². The van der Waals surface area contributed by atoms with E-state index in [0.29, 0.717) is 17.8 Å². The highest BCUT2D eigenvalue weighted by Crippen LogP contribution is 2.54. The third kappa shape index (κ3) is 2.62. The van der Waals surface area contributed by atoms with Gasteiger partial charge in [-0.3, -0.25) is 9.21 Å². The maximum absolute atomic E-state index is 13.9. The van der Waals surface area contributed by atoms with Gasteiger partial charge in [0.15, 0.2) is 0 Å². The molecule has 0 radical (unpaired) electrons. The summed E-state index contributed by atoms with van der Waals surface area (Å²) >= 11 is 6.97. The molecule has 1 fully saturated rings. The van der Waals surface area contributed by atoms with Gasteiger partial charge in [0, 0.05) is 25.4 Å². The molecular formula is C23H25ClN6O. The Bertz CT molecular complexity index is 1100. The Balaban J connectivity index is 1.58. The molecule has 2 aliphatic rings. The highest BCUT2D eigenvalue weighted by atomic mass is 35.5. The van der Waals surface area contributed by atoms with Gasteiger partial charge in [0.2, 0.25) is 0 Å². The summed E-state index contributed by atoms with van der Waals surface area (Å²) in [4.78, 5) is 19.6. The highest BCUT2D eigenvalue weighted by Gasteiger charge is 2.61. The molecule has 1 aromatic heterocycles. The number of carbonyl (C=O) groups is 1. The number of para-hydroxylation sites is 3. The maximum Gasteiger partial charge on any atom is 0.256 e. The van der Waals surface area contributed by atoms with Crippen LogP contribution in [-0.2, 0) is 0 Å². The van der Waals surface area contributed by atoms with E-state index in [1.54, 1.807) is 16.8 Å². The summed E-state index contributed by atoms with van der Waals surface area (Å²) in [7, 11) is 2.05. The zero-order chi connectivity index (χ0) is 21.8. The van der Waals surface area contributed by atoms with Crippen molar-refractivity contribution in [3.8, 4) is 5.69 Å². The van der Waals surface area contributed by atoms with Gasteiger partial charge in [-0.2, -0.15) is 15.0 Å². The second kappa shape index (κ2) is 6.99. The van der Waals surface area contributed by atoms with Crippen LogP contribution in [0.15, 0.2) is 60.9 Å². The molecule has 3 heterocycles. The average Bonchev–Trinajstić information content (AvgIpc) is 3.51. The molecule has 5 rings (SSSR count). The molecule has 2 atom stereocenters. The van der Waals surface area contributed by atoms with Crippen LogP contribution in [0.5, 0.6) is 0 Å². The summed E-state index contributed by atoms with van der Waals surface area (Å²) in [6, 6.07) is 15.6. The molecule has 0 bridgehead atoms. The first kappa shape index (κ1) is 19.9. The van der Waals surface area contributed by atoms with Crippen LogP contribution < -0.4 is 9.32 Å². The number of halogens is 1. The second-order valence-corrected chi connectivity index (χ2v) is 8.86. The molecule has 1 amide bonds. The maximum atomic E-state index is 13.9. The van der Waals surface area contributed by atoms with E-state index in [4.69, 9.17) is 11.8 Å². The monoisotopic (exact) mass is 436 g/mol. The van der Waals surface area contributed by atoms with Crippen molar-refractivity contribution in [3.63, 3.8) is 0 Å². The van der Waals surface area contributed by atoms with Gasteiger partial charge in [0.1, 0.15) is 5.66 Å². The molecule has 3 aromatic rings. The summed E-state index contributed by atoms with van der Waals surface area (Å²) in [6.07, 6.45) is 4.98. The van der Waals surface area contributed by atoms with Crippen LogP contribution in [0.4, 0.5) is 11.4 Å². The fraction of sp³-hybridized carbons (Fsp3) is 0.348. The van der Waals surface area contributed by atoms with E-state index in [1.165, 1.54) is 4.80 Å². The number of hydrogen-bond acceptors (Lipinski definition) is 5. The summed E-state index contributed by atoms with van der Waals surface area (Å²) in [5, 5.41) is 8.46. The van der Waals surface area contributed by atoms with Gasteiger partial charge in [0.25, 0.3) is 5.91 Å².